The van der Waals surface area contributed by atoms with E-state index in [-0.39, 0.29) is 16.7 Å². The van der Waals surface area contributed by atoms with Crippen LogP contribution in [0.3, 0.4) is 0 Å². The molecule has 2 saturated carbocycles. The number of hydrogen-bond acceptors (Lipinski definition) is 2. The van der Waals surface area contributed by atoms with Crippen molar-refractivity contribution in [2.45, 2.75) is 43.9 Å². The first-order valence-corrected chi connectivity index (χ1v) is 6.70. The first kappa shape index (κ1) is 11.3. The fraction of sp³-hybridized carbons (Fsp3) is 0.833. The van der Waals surface area contributed by atoms with Gasteiger partial charge in [0.25, 0.3) is 0 Å². The van der Waals surface area contributed by atoms with Gasteiger partial charge in [-0.15, -0.1) is 0 Å². The molecule has 0 spiro atoms. The monoisotopic (exact) mass is 272 g/mol. The molecule has 0 aromatic heterocycles. The number of halogens is 1. The highest BCUT2D eigenvalue weighted by molar-refractivity contribution is 9.10. The topological polar surface area (TPSA) is 34.1 Å². The lowest BCUT2D eigenvalue weighted by Gasteiger charge is -2.27. The van der Waals surface area contributed by atoms with Gasteiger partial charge >= 0.3 is 0 Å². The molecule has 0 radical (unpaired) electrons. The highest BCUT2D eigenvalue weighted by atomic mass is 79.9. The summed E-state index contributed by atoms with van der Waals surface area (Å²) in [5, 5.41) is 0. The van der Waals surface area contributed by atoms with Crippen LogP contribution < -0.4 is 0 Å². The van der Waals surface area contributed by atoms with Crippen LogP contribution in [-0.2, 0) is 9.59 Å². The van der Waals surface area contributed by atoms with Gasteiger partial charge in [-0.1, -0.05) is 29.3 Å². The molecule has 0 saturated heterocycles. The lowest BCUT2D eigenvalue weighted by molar-refractivity contribution is -0.128. The number of rotatable bonds is 0. The minimum Gasteiger partial charge on any atom is -0.300 e. The molecule has 0 N–H and O–H groups in total. The number of Topliss-reactive ketones (excluding diaryl/α,β-unsaturated/α-hetero) is 2. The van der Waals surface area contributed by atoms with Crippen molar-refractivity contribution in [1.29, 1.82) is 0 Å². The van der Waals surface area contributed by atoms with Gasteiger partial charge in [-0.3, -0.25) is 9.59 Å². The van der Waals surface area contributed by atoms with E-state index in [4.69, 9.17) is 0 Å². The third-order valence-electron chi connectivity index (χ3n) is 3.84. The van der Waals surface area contributed by atoms with Crippen molar-refractivity contribution in [3.63, 3.8) is 0 Å². The Hall–Kier alpha value is -0.180. The van der Waals surface area contributed by atoms with Gasteiger partial charge in [-0.2, -0.15) is 0 Å². The van der Waals surface area contributed by atoms with Crippen LogP contribution in [0.4, 0.5) is 0 Å². The van der Waals surface area contributed by atoms with Gasteiger partial charge in [-0.25, -0.2) is 0 Å². The van der Waals surface area contributed by atoms with Crippen LogP contribution in [0.25, 0.3) is 0 Å². The summed E-state index contributed by atoms with van der Waals surface area (Å²) in [7, 11) is 0. The van der Waals surface area contributed by atoms with Gasteiger partial charge in [0.1, 0.15) is 11.6 Å². The van der Waals surface area contributed by atoms with E-state index < -0.39 is 0 Å². The smallest absolute Gasteiger partial charge is 0.150 e. The average molecular weight is 273 g/mol. The molecule has 2 fully saturated rings. The molecule has 0 unspecified atom stereocenters. The number of ketones is 2. The van der Waals surface area contributed by atoms with E-state index in [1.807, 2.05) is 6.92 Å². The van der Waals surface area contributed by atoms with E-state index in [1.165, 1.54) is 0 Å². The second-order valence-electron chi connectivity index (χ2n) is 5.03. The van der Waals surface area contributed by atoms with E-state index in [2.05, 4.69) is 15.9 Å². The van der Waals surface area contributed by atoms with Crippen molar-refractivity contribution in [2.75, 3.05) is 0 Å². The van der Waals surface area contributed by atoms with Crippen molar-refractivity contribution in [2.24, 2.45) is 17.8 Å². The Morgan fingerprint density at radius 2 is 1.93 bits per heavy atom. The molecule has 0 aromatic carbocycles. The maximum Gasteiger partial charge on any atom is 0.150 e. The summed E-state index contributed by atoms with van der Waals surface area (Å²) in [5.74, 6) is 1.35. The van der Waals surface area contributed by atoms with E-state index in [1.54, 1.807) is 0 Å². The van der Waals surface area contributed by atoms with Crippen molar-refractivity contribution >= 4 is 27.5 Å². The van der Waals surface area contributed by atoms with Gasteiger partial charge in [0, 0.05) is 18.8 Å². The number of fused-ring (bicyclic) bond motifs is 1. The van der Waals surface area contributed by atoms with Gasteiger partial charge in [0.05, 0.1) is 4.83 Å². The molecule has 2 rings (SSSR count). The number of carbonyl (C=O) groups is 2. The molecule has 4 atom stereocenters. The molecule has 2 aliphatic carbocycles. The van der Waals surface area contributed by atoms with Crippen LogP contribution in [-0.4, -0.2) is 16.4 Å². The predicted octanol–water partition coefficient (Wildman–Crippen LogP) is 2.73. The summed E-state index contributed by atoms with van der Waals surface area (Å²) in [6.07, 6.45) is 4.37. The lowest BCUT2D eigenvalue weighted by atomic mass is 9.79. The van der Waals surface area contributed by atoms with E-state index >= 15 is 0 Å². The molecule has 0 aromatic rings. The molecular formula is C12H17BrO2. The largest absolute Gasteiger partial charge is 0.300 e. The van der Waals surface area contributed by atoms with Crippen LogP contribution in [0.1, 0.15) is 39.0 Å². The van der Waals surface area contributed by atoms with Crippen LogP contribution in [0, 0.1) is 17.8 Å². The number of alkyl halides is 1. The molecule has 0 amide bonds. The minimum atomic E-state index is -0.104. The highest BCUT2D eigenvalue weighted by Crippen LogP contribution is 2.40. The quantitative estimate of drug-likeness (QED) is 0.636. The van der Waals surface area contributed by atoms with Crippen LogP contribution in [0.2, 0.25) is 0 Å². The Morgan fingerprint density at radius 1 is 1.20 bits per heavy atom. The second-order valence-corrected chi connectivity index (χ2v) is 6.01. The van der Waals surface area contributed by atoms with E-state index in [0.29, 0.717) is 30.3 Å². The molecule has 2 nitrogen and oxygen atoms in total. The van der Waals surface area contributed by atoms with Gasteiger partial charge in [0.15, 0.2) is 0 Å². The Morgan fingerprint density at radius 3 is 2.67 bits per heavy atom. The van der Waals surface area contributed by atoms with Gasteiger partial charge in [-0.05, 0) is 24.7 Å². The zero-order valence-electron chi connectivity index (χ0n) is 9.04. The summed E-state index contributed by atoms with van der Waals surface area (Å²) >= 11 is 3.47. The molecule has 15 heavy (non-hydrogen) atoms. The standard InChI is InChI=1S/C12H17BrO2/c1-7-5-9(14)6-8-3-2-4-10(8)12(15)11(7)13/h7-8,10-11H,2-6H2,1H3/t7-,8-,10+,11+/m0/s1. The molecule has 3 heteroatoms. The lowest BCUT2D eigenvalue weighted by Crippen LogP contribution is -2.35. The fourth-order valence-corrected chi connectivity index (χ4v) is 3.51. The summed E-state index contributed by atoms with van der Waals surface area (Å²) in [5.41, 5.74) is 0. The predicted molar refractivity (Wildman–Crippen MR) is 62.0 cm³/mol. The molecule has 0 heterocycles. The van der Waals surface area contributed by atoms with Crippen LogP contribution in [0.15, 0.2) is 0 Å². The Labute approximate surface area is 98.9 Å². The zero-order chi connectivity index (χ0) is 11.0. The van der Waals surface area contributed by atoms with Crippen molar-refractivity contribution < 1.29 is 9.59 Å². The van der Waals surface area contributed by atoms with Crippen molar-refractivity contribution in [1.82, 2.24) is 0 Å². The van der Waals surface area contributed by atoms with E-state index in [0.717, 1.165) is 19.3 Å². The SMILES string of the molecule is C[C@H]1CC(=O)C[C@@H]2CCC[C@H]2C(=O)[C@@H]1Br. The van der Waals surface area contributed by atoms with Crippen LogP contribution >= 0.6 is 15.9 Å². The summed E-state index contributed by atoms with van der Waals surface area (Å²) in [6.45, 7) is 1.99. The Kier molecular flexibility index (Phi) is 3.29. The fourth-order valence-electron chi connectivity index (χ4n) is 2.98. The molecule has 84 valence electrons. The molecule has 2 aliphatic rings. The first-order valence-electron chi connectivity index (χ1n) is 5.79. The van der Waals surface area contributed by atoms with Gasteiger partial charge in [0.2, 0.25) is 0 Å². The number of hydrogen-bond donors (Lipinski definition) is 0. The van der Waals surface area contributed by atoms with Gasteiger partial charge < -0.3 is 0 Å². The maximum atomic E-state index is 12.1. The van der Waals surface area contributed by atoms with Crippen molar-refractivity contribution in [3.05, 3.63) is 0 Å². The molecular weight excluding hydrogens is 256 g/mol. The van der Waals surface area contributed by atoms with E-state index in [9.17, 15) is 9.59 Å². The maximum absolute atomic E-state index is 12.1. The third kappa shape index (κ3) is 2.17. The minimum absolute atomic E-state index is 0.104. The Balaban J connectivity index is 2.20. The number of carbonyl (C=O) groups excluding carboxylic acids is 2. The first-order chi connectivity index (χ1) is 7.09. The van der Waals surface area contributed by atoms with Crippen molar-refractivity contribution in [3.8, 4) is 0 Å². The van der Waals surface area contributed by atoms with Crippen LogP contribution in [0.5, 0.6) is 0 Å². The normalized spacial score (nSPS) is 42.3. The average Bonchev–Trinajstić information content (AvgIpc) is 2.62. The molecule has 0 aliphatic heterocycles. The third-order valence-corrected chi connectivity index (χ3v) is 5.19. The second kappa shape index (κ2) is 4.36. The summed E-state index contributed by atoms with van der Waals surface area (Å²) in [6, 6.07) is 0. The molecule has 0 bridgehead atoms. The zero-order valence-corrected chi connectivity index (χ0v) is 10.6. The summed E-state index contributed by atoms with van der Waals surface area (Å²) in [4.78, 5) is 23.7. The highest BCUT2D eigenvalue weighted by Gasteiger charge is 2.40. The summed E-state index contributed by atoms with van der Waals surface area (Å²) < 4.78 is 0. The Bertz CT molecular complexity index is 287.